The predicted octanol–water partition coefficient (Wildman–Crippen LogP) is 6.89. The highest BCUT2D eigenvalue weighted by molar-refractivity contribution is 6.04. The van der Waals surface area contributed by atoms with Crippen molar-refractivity contribution in [3.63, 3.8) is 0 Å². The molecule has 2 aliphatic heterocycles. The fourth-order valence-corrected chi connectivity index (χ4v) is 6.22. The summed E-state index contributed by atoms with van der Waals surface area (Å²) in [5, 5.41) is 3.05. The Labute approximate surface area is 261 Å². The van der Waals surface area contributed by atoms with Gasteiger partial charge in [-0.3, -0.25) is 9.59 Å². The van der Waals surface area contributed by atoms with E-state index in [1.165, 1.54) is 12.1 Å². The van der Waals surface area contributed by atoms with Crippen molar-refractivity contribution in [1.82, 2.24) is 9.80 Å². The summed E-state index contributed by atoms with van der Waals surface area (Å²) >= 11 is 0. The van der Waals surface area contributed by atoms with Crippen LogP contribution in [0.2, 0.25) is 0 Å². The number of carbonyl (C=O) groups excluding carboxylic acids is 2. The van der Waals surface area contributed by atoms with Gasteiger partial charge in [-0.1, -0.05) is 60.2 Å². The molecule has 4 aromatic carbocycles. The number of rotatable bonds is 6. The molecule has 1 N–H and O–H groups in total. The largest absolute Gasteiger partial charge is 0.416 e. The average molecular weight is 613 g/mol. The number of aryl methyl sites for hydroxylation is 1. The Kier molecular flexibility index (Phi) is 8.38. The monoisotopic (exact) mass is 612 g/mol. The summed E-state index contributed by atoms with van der Waals surface area (Å²) in [6.45, 7) is 5.94. The normalized spacial score (nSPS) is 18.9. The van der Waals surface area contributed by atoms with Gasteiger partial charge in [0.2, 0.25) is 5.91 Å². The van der Waals surface area contributed by atoms with Crippen molar-refractivity contribution < 1.29 is 22.8 Å². The van der Waals surface area contributed by atoms with Crippen molar-refractivity contribution in [1.29, 1.82) is 0 Å². The number of benzene rings is 4. The number of hydrogen-bond donors (Lipinski definition) is 1. The van der Waals surface area contributed by atoms with Gasteiger partial charge in [-0.25, -0.2) is 0 Å². The van der Waals surface area contributed by atoms with Crippen molar-refractivity contribution in [3.05, 3.63) is 130 Å². The second kappa shape index (κ2) is 12.4. The zero-order chi connectivity index (χ0) is 31.7. The number of fused-ring (bicyclic) bond motifs is 1. The lowest BCUT2D eigenvalue weighted by Crippen LogP contribution is -2.45. The molecule has 2 atom stereocenters. The number of anilines is 2. The van der Waals surface area contributed by atoms with Crippen LogP contribution in [-0.2, 0) is 17.5 Å². The minimum absolute atomic E-state index is 0.183. The Balaban J connectivity index is 1.37. The van der Waals surface area contributed by atoms with Crippen LogP contribution in [0.3, 0.4) is 0 Å². The van der Waals surface area contributed by atoms with Crippen molar-refractivity contribution in [2.45, 2.75) is 31.6 Å². The van der Waals surface area contributed by atoms with Crippen LogP contribution >= 0.6 is 0 Å². The molecule has 45 heavy (non-hydrogen) atoms. The molecule has 1 fully saturated rings. The van der Waals surface area contributed by atoms with Gasteiger partial charge in [0, 0.05) is 49.7 Å². The molecular formula is C36H35F3N4O2. The minimum atomic E-state index is -4.51. The fourth-order valence-electron chi connectivity index (χ4n) is 6.22. The number of alkyl halides is 3. The summed E-state index contributed by atoms with van der Waals surface area (Å²) in [4.78, 5) is 34.5. The van der Waals surface area contributed by atoms with Crippen LogP contribution in [0.1, 0.15) is 50.1 Å². The molecule has 0 saturated carbocycles. The third-order valence-corrected chi connectivity index (χ3v) is 8.78. The first-order valence-electron chi connectivity index (χ1n) is 15.1. The van der Waals surface area contributed by atoms with E-state index in [4.69, 9.17) is 0 Å². The maximum atomic E-state index is 14.3. The maximum absolute atomic E-state index is 14.3. The average Bonchev–Trinajstić information content (AvgIpc) is 3.03. The smallest absolute Gasteiger partial charge is 0.369 e. The third-order valence-electron chi connectivity index (χ3n) is 8.78. The highest BCUT2D eigenvalue weighted by atomic mass is 19.4. The zero-order valence-corrected chi connectivity index (χ0v) is 25.2. The van der Waals surface area contributed by atoms with Crippen LogP contribution in [-0.4, -0.2) is 54.8 Å². The molecule has 9 heteroatoms. The van der Waals surface area contributed by atoms with Crippen LogP contribution in [0.25, 0.3) is 0 Å². The summed E-state index contributed by atoms with van der Waals surface area (Å²) < 4.78 is 40.5. The number of hydrogen-bond acceptors (Lipinski definition) is 4. The number of halogens is 3. The number of amides is 2. The Bertz CT molecular complexity index is 1660. The Morgan fingerprint density at radius 1 is 0.844 bits per heavy atom. The van der Waals surface area contributed by atoms with Crippen LogP contribution in [0.15, 0.2) is 97.1 Å². The van der Waals surface area contributed by atoms with Crippen LogP contribution < -0.4 is 10.2 Å². The van der Waals surface area contributed by atoms with E-state index >= 15 is 0 Å². The van der Waals surface area contributed by atoms with Gasteiger partial charge in [0.15, 0.2) is 0 Å². The number of carbonyl (C=O) groups is 2. The molecule has 6 rings (SSSR count). The van der Waals surface area contributed by atoms with Gasteiger partial charge in [0.25, 0.3) is 5.91 Å². The number of piperazine rings is 1. The highest BCUT2D eigenvalue weighted by Crippen LogP contribution is 2.44. The lowest BCUT2D eigenvalue weighted by molar-refractivity contribution is -0.137. The van der Waals surface area contributed by atoms with Gasteiger partial charge in [-0.15, -0.1) is 0 Å². The molecule has 4 aromatic rings. The molecule has 2 amide bonds. The SMILES string of the molecule is Cc1ccc(CN2C(=O)c3ccccc3[C@H](C(=O)Nc3ccc(N4CCN(C)CC4)cc3)[C@H]2c2ccc(C(F)(F)F)cc2)cc1. The summed E-state index contributed by atoms with van der Waals surface area (Å²) in [6, 6.07) is 26.3. The van der Waals surface area contributed by atoms with Crippen molar-refractivity contribution >= 4 is 23.2 Å². The minimum Gasteiger partial charge on any atom is -0.369 e. The van der Waals surface area contributed by atoms with Crippen molar-refractivity contribution in [2.75, 3.05) is 43.4 Å². The van der Waals surface area contributed by atoms with E-state index < -0.39 is 23.7 Å². The first-order chi connectivity index (χ1) is 21.6. The second-order valence-corrected chi connectivity index (χ2v) is 11.9. The van der Waals surface area contributed by atoms with E-state index in [0.29, 0.717) is 22.4 Å². The second-order valence-electron chi connectivity index (χ2n) is 11.9. The van der Waals surface area contributed by atoms with Gasteiger partial charge < -0.3 is 20.0 Å². The van der Waals surface area contributed by atoms with E-state index in [9.17, 15) is 22.8 Å². The lowest BCUT2D eigenvalue weighted by atomic mass is 9.78. The molecule has 0 aliphatic carbocycles. The molecule has 2 heterocycles. The Morgan fingerprint density at radius 3 is 2.13 bits per heavy atom. The zero-order valence-electron chi connectivity index (χ0n) is 25.2. The van der Waals surface area contributed by atoms with Crippen LogP contribution in [0.4, 0.5) is 24.5 Å². The molecule has 1 saturated heterocycles. The predicted molar refractivity (Wildman–Crippen MR) is 169 cm³/mol. The first-order valence-corrected chi connectivity index (χ1v) is 15.1. The molecule has 232 valence electrons. The third kappa shape index (κ3) is 6.44. The number of nitrogens with zero attached hydrogens (tertiary/aromatic N) is 3. The van der Waals surface area contributed by atoms with Gasteiger partial charge in [0.1, 0.15) is 0 Å². The van der Waals surface area contributed by atoms with Gasteiger partial charge in [-0.2, -0.15) is 13.2 Å². The molecule has 0 aromatic heterocycles. The molecule has 2 aliphatic rings. The number of nitrogens with one attached hydrogen (secondary N) is 1. The molecule has 0 unspecified atom stereocenters. The Hall–Kier alpha value is -4.63. The van der Waals surface area contributed by atoms with E-state index in [-0.39, 0.29) is 18.4 Å². The Morgan fingerprint density at radius 2 is 1.49 bits per heavy atom. The lowest BCUT2D eigenvalue weighted by Gasteiger charge is -2.42. The first kappa shape index (κ1) is 30.4. The van der Waals surface area contributed by atoms with Crippen LogP contribution in [0.5, 0.6) is 0 Å². The van der Waals surface area contributed by atoms with E-state index in [1.54, 1.807) is 29.2 Å². The standard InChI is InChI=1S/C36H35F3N4O2/c1-24-7-9-25(10-8-24)23-43-33(26-11-13-27(14-12-26)36(37,38)39)32(30-5-3-4-6-31(30)35(43)45)34(44)40-28-15-17-29(18-16-28)42-21-19-41(2)20-22-42/h3-18,32-33H,19-23H2,1-2H3,(H,40,44)/t32-,33+/m0/s1. The molecule has 6 nitrogen and oxygen atoms in total. The fraction of sp³-hybridized carbons (Fsp3) is 0.278. The van der Waals surface area contributed by atoms with E-state index in [2.05, 4.69) is 22.2 Å². The topological polar surface area (TPSA) is 55.9 Å². The maximum Gasteiger partial charge on any atom is 0.416 e. The van der Waals surface area contributed by atoms with Crippen molar-refractivity contribution in [2.24, 2.45) is 0 Å². The van der Waals surface area contributed by atoms with Gasteiger partial charge >= 0.3 is 6.18 Å². The van der Waals surface area contributed by atoms with Gasteiger partial charge in [0.05, 0.1) is 17.5 Å². The summed E-state index contributed by atoms with van der Waals surface area (Å²) in [5.41, 5.74) is 4.18. The van der Waals surface area contributed by atoms with E-state index in [0.717, 1.165) is 55.1 Å². The molecular weight excluding hydrogens is 577 g/mol. The van der Waals surface area contributed by atoms with Gasteiger partial charge in [-0.05, 0) is 73.1 Å². The highest BCUT2D eigenvalue weighted by Gasteiger charge is 2.44. The van der Waals surface area contributed by atoms with E-state index in [1.807, 2.05) is 55.5 Å². The van der Waals surface area contributed by atoms with Crippen LogP contribution in [0, 0.1) is 6.92 Å². The molecule has 0 radical (unpaired) electrons. The summed E-state index contributed by atoms with van der Waals surface area (Å²) in [5.74, 6) is -1.50. The quantitative estimate of drug-likeness (QED) is 0.258. The molecule has 0 bridgehead atoms. The number of likely N-dealkylation sites (N-methyl/N-ethyl adjacent to an activating group) is 1. The summed E-state index contributed by atoms with van der Waals surface area (Å²) in [7, 11) is 2.10. The summed E-state index contributed by atoms with van der Waals surface area (Å²) in [6.07, 6.45) is -4.51. The molecule has 0 spiro atoms. The van der Waals surface area contributed by atoms with Crippen molar-refractivity contribution in [3.8, 4) is 0 Å².